The summed E-state index contributed by atoms with van der Waals surface area (Å²) in [4.78, 5) is 13.8. The second kappa shape index (κ2) is 5.83. The number of carbonyl (C=O) groups excluding carboxylic acids is 1. The van der Waals surface area contributed by atoms with Gasteiger partial charge in [-0.05, 0) is 45.2 Å². The smallest absolute Gasteiger partial charge is 0.237 e. The van der Waals surface area contributed by atoms with E-state index in [-0.39, 0.29) is 5.91 Å². The Kier molecular flexibility index (Phi) is 4.95. The molecule has 1 heterocycles. The summed E-state index contributed by atoms with van der Waals surface area (Å²) in [5.41, 5.74) is 4.85. The molecule has 1 amide bonds. The molecule has 1 rings (SSSR count). The first-order chi connectivity index (χ1) is 7.89. The molecule has 4 nitrogen and oxygen atoms in total. The van der Waals surface area contributed by atoms with E-state index >= 15 is 0 Å². The maximum atomic E-state index is 11.4. The molecule has 1 fully saturated rings. The summed E-state index contributed by atoms with van der Waals surface area (Å²) in [6, 6.07) is 0. The summed E-state index contributed by atoms with van der Waals surface area (Å²) in [7, 11) is 1.80. The van der Waals surface area contributed by atoms with Crippen molar-refractivity contribution >= 4 is 5.91 Å². The molecule has 3 unspecified atom stereocenters. The van der Waals surface area contributed by atoms with Gasteiger partial charge in [0.1, 0.15) is 0 Å². The topological polar surface area (TPSA) is 58.4 Å². The summed E-state index contributed by atoms with van der Waals surface area (Å²) >= 11 is 0. The fourth-order valence-corrected chi connectivity index (χ4v) is 2.31. The number of nitrogens with zero attached hydrogens (tertiary/aromatic N) is 1. The van der Waals surface area contributed by atoms with Crippen LogP contribution in [0.4, 0.5) is 0 Å². The van der Waals surface area contributed by atoms with E-state index in [1.165, 1.54) is 6.42 Å². The van der Waals surface area contributed by atoms with Gasteiger partial charge in [0.15, 0.2) is 0 Å². The van der Waals surface area contributed by atoms with Crippen LogP contribution in [0.2, 0.25) is 0 Å². The van der Waals surface area contributed by atoms with Crippen molar-refractivity contribution in [2.75, 3.05) is 26.7 Å². The lowest BCUT2D eigenvalue weighted by Crippen LogP contribution is -2.53. The van der Waals surface area contributed by atoms with E-state index in [2.05, 4.69) is 24.1 Å². The first-order valence-electron chi connectivity index (χ1n) is 6.60. The number of likely N-dealkylation sites (tertiary alicyclic amines) is 1. The third-order valence-corrected chi connectivity index (χ3v) is 4.44. The molecule has 4 heteroatoms. The van der Waals surface area contributed by atoms with Crippen LogP contribution >= 0.6 is 0 Å². The van der Waals surface area contributed by atoms with Crippen LogP contribution in [-0.2, 0) is 4.79 Å². The largest absolute Gasteiger partial charge is 0.368 e. The van der Waals surface area contributed by atoms with Gasteiger partial charge in [-0.15, -0.1) is 0 Å². The van der Waals surface area contributed by atoms with Crippen LogP contribution in [-0.4, -0.2) is 43.0 Å². The molecular weight excluding hydrogens is 214 g/mol. The van der Waals surface area contributed by atoms with Crippen molar-refractivity contribution in [3.05, 3.63) is 0 Å². The van der Waals surface area contributed by atoms with Gasteiger partial charge in [-0.2, -0.15) is 0 Å². The van der Waals surface area contributed by atoms with Crippen molar-refractivity contribution in [2.45, 2.75) is 39.2 Å². The second-order valence-electron chi connectivity index (χ2n) is 5.74. The normalized spacial score (nSPS) is 29.9. The number of likely N-dealkylation sites (N-methyl/N-ethyl adjacent to an activating group) is 1. The lowest BCUT2D eigenvalue weighted by Gasteiger charge is -2.37. The van der Waals surface area contributed by atoms with E-state index in [0.29, 0.717) is 0 Å². The Morgan fingerprint density at radius 2 is 2.12 bits per heavy atom. The number of rotatable bonds is 5. The summed E-state index contributed by atoms with van der Waals surface area (Å²) in [5, 5.41) is 3.04. The van der Waals surface area contributed by atoms with Crippen LogP contribution < -0.4 is 11.1 Å². The highest BCUT2D eigenvalue weighted by atomic mass is 16.1. The molecule has 0 aromatic carbocycles. The zero-order chi connectivity index (χ0) is 13.1. The third kappa shape index (κ3) is 3.68. The lowest BCUT2D eigenvalue weighted by atomic mass is 9.88. The van der Waals surface area contributed by atoms with E-state index in [9.17, 15) is 4.79 Å². The Labute approximate surface area is 105 Å². The molecule has 0 radical (unpaired) electrons. The first kappa shape index (κ1) is 14.5. The van der Waals surface area contributed by atoms with Gasteiger partial charge in [0.25, 0.3) is 0 Å². The summed E-state index contributed by atoms with van der Waals surface area (Å²) in [5.74, 6) is 1.30. The average molecular weight is 241 g/mol. The quantitative estimate of drug-likeness (QED) is 0.749. The van der Waals surface area contributed by atoms with Crippen LogP contribution in [0.3, 0.4) is 0 Å². The summed E-state index contributed by atoms with van der Waals surface area (Å²) in [6.45, 7) is 9.73. The Hall–Kier alpha value is -0.610. The average Bonchev–Trinajstić information content (AvgIpc) is 2.30. The van der Waals surface area contributed by atoms with Crippen molar-refractivity contribution in [3.63, 3.8) is 0 Å². The molecule has 0 bridgehead atoms. The molecule has 17 heavy (non-hydrogen) atoms. The van der Waals surface area contributed by atoms with Crippen molar-refractivity contribution in [2.24, 2.45) is 17.6 Å². The van der Waals surface area contributed by atoms with E-state index in [1.807, 2.05) is 6.92 Å². The number of hydrogen-bond acceptors (Lipinski definition) is 3. The van der Waals surface area contributed by atoms with Gasteiger partial charge in [-0.1, -0.05) is 13.8 Å². The highest BCUT2D eigenvalue weighted by Gasteiger charge is 2.30. The van der Waals surface area contributed by atoms with Crippen molar-refractivity contribution in [1.82, 2.24) is 10.2 Å². The minimum absolute atomic E-state index is 0.265. The zero-order valence-electron chi connectivity index (χ0n) is 11.6. The molecule has 0 aliphatic carbocycles. The van der Waals surface area contributed by atoms with Crippen molar-refractivity contribution in [3.8, 4) is 0 Å². The molecule has 0 saturated carbocycles. The van der Waals surface area contributed by atoms with E-state index in [0.717, 1.165) is 37.9 Å². The minimum atomic E-state index is -0.577. The number of carbonyl (C=O) groups is 1. The Balaban J connectivity index is 2.43. The van der Waals surface area contributed by atoms with Gasteiger partial charge in [-0.25, -0.2) is 0 Å². The molecule has 0 spiro atoms. The minimum Gasteiger partial charge on any atom is -0.368 e. The zero-order valence-corrected chi connectivity index (χ0v) is 11.6. The second-order valence-corrected chi connectivity index (χ2v) is 5.74. The summed E-state index contributed by atoms with van der Waals surface area (Å²) < 4.78 is 0. The van der Waals surface area contributed by atoms with Crippen molar-refractivity contribution < 1.29 is 4.79 Å². The molecule has 100 valence electrons. The van der Waals surface area contributed by atoms with E-state index < -0.39 is 5.54 Å². The van der Waals surface area contributed by atoms with Gasteiger partial charge in [0.2, 0.25) is 5.91 Å². The molecule has 3 atom stereocenters. The lowest BCUT2D eigenvalue weighted by molar-refractivity contribution is -0.124. The maximum Gasteiger partial charge on any atom is 0.237 e. The van der Waals surface area contributed by atoms with Gasteiger partial charge in [0, 0.05) is 13.1 Å². The highest BCUT2D eigenvalue weighted by molar-refractivity contribution is 5.84. The van der Waals surface area contributed by atoms with E-state index in [4.69, 9.17) is 5.73 Å². The third-order valence-electron chi connectivity index (χ3n) is 4.44. The molecular formula is C13H27N3O. The van der Waals surface area contributed by atoms with Crippen LogP contribution in [0, 0.1) is 11.8 Å². The number of primary amides is 1. The first-order valence-corrected chi connectivity index (χ1v) is 6.60. The summed E-state index contributed by atoms with van der Waals surface area (Å²) in [6.07, 6.45) is 2.04. The van der Waals surface area contributed by atoms with Crippen LogP contribution in [0.5, 0.6) is 0 Å². The molecule has 3 N–H and O–H groups in total. The van der Waals surface area contributed by atoms with Gasteiger partial charge in [-0.3, -0.25) is 4.79 Å². The number of nitrogens with one attached hydrogen (secondary N) is 1. The number of amides is 1. The van der Waals surface area contributed by atoms with Gasteiger partial charge < -0.3 is 16.0 Å². The molecule has 1 aliphatic rings. The van der Waals surface area contributed by atoms with Crippen LogP contribution in [0.15, 0.2) is 0 Å². The SMILES string of the molecule is CNC(C)(CCN1CCC(C)C(C)C1)C(N)=O. The van der Waals surface area contributed by atoms with Crippen LogP contribution in [0.25, 0.3) is 0 Å². The number of hydrogen-bond donors (Lipinski definition) is 2. The predicted molar refractivity (Wildman–Crippen MR) is 70.7 cm³/mol. The van der Waals surface area contributed by atoms with E-state index in [1.54, 1.807) is 7.05 Å². The molecule has 1 saturated heterocycles. The molecule has 1 aliphatic heterocycles. The number of nitrogens with two attached hydrogens (primary N) is 1. The highest BCUT2D eigenvalue weighted by Crippen LogP contribution is 2.23. The van der Waals surface area contributed by atoms with Gasteiger partial charge in [0.05, 0.1) is 5.54 Å². The van der Waals surface area contributed by atoms with Crippen molar-refractivity contribution in [1.29, 1.82) is 0 Å². The predicted octanol–water partition coefficient (Wildman–Crippen LogP) is 0.818. The fraction of sp³-hybridized carbons (Fsp3) is 0.923. The monoisotopic (exact) mass is 241 g/mol. The van der Waals surface area contributed by atoms with Gasteiger partial charge >= 0.3 is 0 Å². The Bertz CT molecular complexity index is 269. The maximum absolute atomic E-state index is 11.4. The fourth-order valence-electron chi connectivity index (χ4n) is 2.31. The van der Waals surface area contributed by atoms with Crippen LogP contribution in [0.1, 0.15) is 33.6 Å². The standard InChI is InChI=1S/C13H27N3O/c1-10-5-7-16(9-11(10)2)8-6-13(3,15-4)12(14)17/h10-11,15H,5-9H2,1-4H3,(H2,14,17). The molecule has 0 aromatic rings. The molecule has 0 aromatic heterocycles. The Morgan fingerprint density at radius 3 is 2.59 bits per heavy atom. The Morgan fingerprint density at radius 1 is 1.47 bits per heavy atom. The number of piperidine rings is 1.